The number of methoxy groups -OCH3 is 1. The second-order valence-corrected chi connectivity index (χ2v) is 9.26. The molecule has 1 amide bonds. The predicted molar refractivity (Wildman–Crippen MR) is 128 cm³/mol. The Morgan fingerprint density at radius 3 is 1.75 bits per heavy atom. The first-order valence-electron chi connectivity index (χ1n) is 11.6. The van der Waals surface area contributed by atoms with Crippen LogP contribution in [0.5, 0.6) is 0 Å². The van der Waals surface area contributed by atoms with Gasteiger partial charge in [0.15, 0.2) is 0 Å². The first-order valence-corrected chi connectivity index (χ1v) is 11.6. The Balaban J connectivity index is 2.09. The molecule has 0 spiro atoms. The summed E-state index contributed by atoms with van der Waals surface area (Å²) in [4.78, 5) is 54.4. The summed E-state index contributed by atoms with van der Waals surface area (Å²) in [6.45, 7) is 4.01. The van der Waals surface area contributed by atoms with E-state index >= 15 is 0 Å². The Kier molecular flexibility index (Phi) is 8.14. The van der Waals surface area contributed by atoms with Gasteiger partial charge >= 0.3 is 17.9 Å². The van der Waals surface area contributed by atoms with Gasteiger partial charge in [-0.05, 0) is 24.0 Å². The number of aliphatic hydroxyl groups is 1. The Morgan fingerprint density at radius 2 is 1.36 bits per heavy atom. The van der Waals surface area contributed by atoms with Crippen molar-refractivity contribution in [2.75, 3.05) is 7.11 Å². The van der Waals surface area contributed by atoms with Gasteiger partial charge in [-0.25, -0.2) is 14.4 Å². The van der Waals surface area contributed by atoms with E-state index in [1.54, 1.807) is 74.5 Å². The second kappa shape index (κ2) is 10.9. The lowest BCUT2D eigenvalue weighted by Gasteiger charge is -2.43. The van der Waals surface area contributed by atoms with Crippen LogP contribution in [0.3, 0.4) is 0 Å². The first kappa shape index (κ1) is 26.9. The normalized spacial score (nSPS) is 19.6. The second-order valence-electron chi connectivity index (χ2n) is 9.26. The number of likely N-dealkylation sites (tertiary alicyclic amines) is 1. The molecule has 1 N–H and O–H groups in total. The van der Waals surface area contributed by atoms with E-state index in [0.29, 0.717) is 11.1 Å². The van der Waals surface area contributed by atoms with Gasteiger partial charge in [-0.1, -0.05) is 74.5 Å². The number of carbonyl (C=O) groups excluding carboxylic acids is 4. The third-order valence-electron chi connectivity index (χ3n) is 6.27. The van der Waals surface area contributed by atoms with Crippen molar-refractivity contribution in [3.8, 4) is 0 Å². The maximum absolute atomic E-state index is 13.8. The summed E-state index contributed by atoms with van der Waals surface area (Å²) in [5, 5.41) is 11.4. The Labute approximate surface area is 209 Å². The number of hydrogen-bond donors (Lipinski definition) is 1. The van der Waals surface area contributed by atoms with Crippen LogP contribution in [0.4, 0.5) is 0 Å². The smallest absolute Gasteiger partial charge is 0.347 e. The Hall–Kier alpha value is -3.72. The highest BCUT2D eigenvalue weighted by Gasteiger charge is 2.73. The van der Waals surface area contributed by atoms with Crippen LogP contribution < -0.4 is 0 Å². The Morgan fingerprint density at radius 1 is 0.917 bits per heavy atom. The van der Waals surface area contributed by atoms with Gasteiger partial charge in [-0.2, -0.15) is 0 Å². The van der Waals surface area contributed by atoms with E-state index in [-0.39, 0.29) is 13.2 Å². The summed E-state index contributed by atoms with van der Waals surface area (Å²) in [6.07, 6.45) is -0.603. The lowest BCUT2D eigenvalue weighted by Crippen LogP contribution is -2.71. The zero-order valence-electron chi connectivity index (χ0n) is 20.8. The number of esters is 3. The highest BCUT2D eigenvalue weighted by atomic mass is 16.6. The Bertz CT molecular complexity index is 1040. The van der Waals surface area contributed by atoms with Crippen molar-refractivity contribution in [2.24, 2.45) is 5.92 Å². The minimum atomic E-state index is -2.64. The van der Waals surface area contributed by atoms with Crippen LogP contribution in [-0.2, 0) is 46.6 Å². The van der Waals surface area contributed by atoms with Crippen molar-refractivity contribution in [1.29, 1.82) is 0 Å². The fraction of sp³-hybridized carbons (Fsp3) is 0.407. The largest absolute Gasteiger partial charge is 0.467 e. The number of nitrogens with zero attached hydrogens (tertiary/aromatic N) is 1. The SMILES string of the molecule is COC(=O)[C@@H](C(C)C)N1C(=O)CC(C)(O)C1(C(=O)OCc1ccccc1)C(=O)OCc1ccccc1. The molecule has 1 heterocycles. The maximum Gasteiger partial charge on any atom is 0.347 e. The molecule has 9 heteroatoms. The van der Waals surface area contributed by atoms with E-state index in [4.69, 9.17) is 14.2 Å². The molecule has 1 aliphatic heterocycles. The van der Waals surface area contributed by atoms with E-state index in [2.05, 4.69) is 0 Å². The van der Waals surface area contributed by atoms with Crippen molar-refractivity contribution >= 4 is 23.8 Å². The number of hydrogen-bond acceptors (Lipinski definition) is 8. The molecule has 0 aromatic heterocycles. The van der Waals surface area contributed by atoms with Crippen LogP contribution in [-0.4, -0.2) is 58.1 Å². The summed E-state index contributed by atoms with van der Waals surface area (Å²) < 4.78 is 15.9. The van der Waals surface area contributed by atoms with Gasteiger partial charge in [-0.15, -0.1) is 0 Å². The number of rotatable bonds is 9. The lowest BCUT2D eigenvalue weighted by atomic mass is 9.80. The van der Waals surface area contributed by atoms with Crippen molar-refractivity contribution in [2.45, 2.75) is 57.6 Å². The molecule has 9 nitrogen and oxygen atoms in total. The zero-order valence-corrected chi connectivity index (χ0v) is 20.8. The number of amides is 1. The van der Waals surface area contributed by atoms with E-state index in [1.165, 1.54) is 6.92 Å². The van der Waals surface area contributed by atoms with Crippen LogP contribution >= 0.6 is 0 Å². The quantitative estimate of drug-likeness (QED) is 0.319. The number of benzene rings is 2. The van der Waals surface area contributed by atoms with Gasteiger partial charge in [0.05, 0.1) is 13.5 Å². The van der Waals surface area contributed by atoms with E-state index in [0.717, 1.165) is 12.0 Å². The van der Waals surface area contributed by atoms with E-state index in [1.807, 2.05) is 0 Å². The minimum Gasteiger partial charge on any atom is -0.467 e. The molecule has 1 aliphatic rings. The highest BCUT2D eigenvalue weighted by molar-refractivity contribution is 6.13. The monoisotopic (exact) mass is 497 g/mol. The zero-order chi connectivity index (χ0) is 26.5. The molecular formula is C27H31NO8. The van der Waals surface area contributed by atoms with Crippen LogP contribution in [0.2, 0.25) is 0 Å². The lowest BCUT2D eigenvalue weighted by molar-refractivity contribution is -0.195. The van der Waals surface area contributed by atoms with Crippen LogP contribution in [0, 0.1) is 5.92 Å². The summed E-state index contributed by atoms with van der Waals surface area (Å²) in [5.74, 6) is -4.59. The van der Waals surface area contributed by atoms with Crippen LogP contribution in [0.1, 0.15) is 38.3 Å². The van der Waals surface area contributed by atoms with Crippen molar-refractivity contribution < 1.29 is 38.5 Å². The summed E-state index contributed by atoms with van der Waals surface area (Å²) in [6, 6.07) is 16.1. The minimum absolute atomic E-state index is 0.226. The van der Waals surface area contributed by atoms with Gasteiger partial charge in [-0.3, -0.25) is 4.79 Å². The molecule has 2 atom stereocenters. The summed E-state index contributed by atoms with van der Waals surface area (Å²) in [5.41, 5.74) is -3.63. The van der Waals surface area contributed by atoms with Gasteiger partial charge in [0, 0.05) is 0 Å². The van der Waals surface area contributed by atoms with Gasteiger partial charge in [0.1, 0.15) is 24.9 Å². The average molecular weight is 498 g/mol. The maximum atomic E-state index is 13.8. The topological polar surface area (TPSA) is 119 Å². The first-order chi connectivity index (χ1) is 17.1. The van der Waals surface area contributed by atoms with Gasteiger partial charge in [0.2, 0.25) is 5.91 Å². The number of ether oxygens (including phenoxy) is 3. The van der Waals surface area contributed by atoms with Crippen molar-refractivity contribution in [3.05, 3.63) is 71.8 Å². The molecule has 3 rings (SSSR count). The molecule has 1 saturated heterocycles. The predicted octanol–water partition coefficient (Wildman–Crippen LogP) is 2.39. The van der Waals surface area contributed by atoms with Gasteiger partial charge in [0.25, 0.3) is 5.54 Å². The molecule has 0 bridgehead atoms. The molecule has 0 aliphatic carbocycles. The highest BCUT2D eigenvalue weighted by Crippen LogP contribution is 2.44. The molecule has 1 unspecified atom stereocenters. The van der Waals surface area contributed by atoms with Crippen LogP contribution in [0.15, 0.2) is 60.7 Å². The van der Waals surface area contributed by atoms with Crippen LogP contribution in [0.25, 0.3) is 0 Å². The summed E-state index contributed by atoms with van der Waals surface area (Å²) >= 11 is 0. The fourth-order valence-corrected chi connectivity index (χ4v) is 4.49. The van der Waals surface area contributed by atoms with E-state index < -0.39 is 53.3 Å². The van der Waals surface area contributed by atoms with Crippen molar-refractivity contribution in [1.82, 2.24) is 4.90 Å². The third-order valence-corrected chi connectivity index (χ3v) is 6.27. The average Bonchev–Trinajstić information content (AvgIpc) is 3.07. The molecule has 0 radical (unpaired) electrons. The van der Waals surface area contributed by atoms with E-state index in [9.17, 15) is 24.3 Å². The number of carbonyl (C=O) groups is 4. The summed E-state index contributed by atoms with van der Waals surface area (Å²) in [7, 11) is 1.14. The molecule has 192 valence electrons. The molecule has 36 heavy (non-hydrogen) atoms. The third kappa shape index (κ3) is 4.97. The van der Waals surface area contributed by atoms with Crippen molar-refractivity contribution in [3.63, 3.8) is 0 Å². The molecular weight excluding hydrogens is 466 g/mol. The fourth-order valence-electron chi connectivity index (χ4n) is 4.49. The molecule has 1 fully saturated rings. The molecule has 0 saturated carbocycles. The molecule has 2 aromatic carbocycles. The molecule has 2 aromatic rings. The van der Waals surface area contributed by atoms with Gasteiger partial charge < -0.3 is 24.2 Å². The standard InChI is InChI=1S/C27H31NO8/c1-18(2)22(23(30)34-4)28-21(29)15-26(3,33)27(28,24(31)35-16-19-11-7-5-8-12-19)25(32)36-17-20-13-9-6-10-14-20/h5-14,18,22,33H,15-17H2,1-4H3/t22-,26?/m1/s1.